The van der Waals surface area contributed by atoms with Crippen LogP contribution in [0.5, 0.6) is 17.2 Å². The molecule has 0 bridgehead atoms. The number of nitrogens with zero attached hydrogens (tertiary/aromatic N) is 1. The van der Waals surface area contributed by atoms with Crippen molar-refractivity contribution >= 4 is 11.6 Å². The third-order valence-electron chi connectivity index (χ3n) is 4.37. The van der Waals surface area contributed by atoms with Gasteiger partial charge in [-0.15, -0.1) is 0 Å². The van der Waals surface area contributed by atoms with Crippen molar-refractivity contribution in [2.75, 3.05) is 6.61 Å². The minimum Gasteiger partial charge on any atom is -0.508 e. The molecule has 0 saturated carbocycles. The van der Waals surface area contributed by atoms with E-state index >= 15 is 0 Å². The van der Waals surface area contributed by atoms with Gasteiger partial charge in [-0.05, 0) is 85.6 Å². The van der Waals surface area contributed by atoms with Crippen LogP contribution in [0.25, 0.3) is 0 Å². The minimum atomic E-state index is -0.299. The Labute approximate surface area is 175 Å². The van der Waals surface area contributed by atoms with Crippen molar-refractivity contribution in [1.29, 1.82) is 0 Å². The molecule has 6 nitrogen and oxygen atoms in total. The fourth-order valence-electron chi connectivity index (χ4n) is 2.68. The van der Waals surface area contributed by atoms with E-state index in [1.807, 2.05) is 43.3 Å². The number of phenolic OH excluding ortho intramolecular Hbond substituents is 1. The Morgan fingerprint density at radius 1 is 0.867 bits per heavy atom. The number of ether oxygens (including phenoxy) is 2. The molecule has 3 aromatic rings. The molecule has 0 unspecified atom stereocenters. The average Bonchev–Trinajstić information content (AvgIpc) is 2.78. The third kappa shape index (κ3) is 5.85. The smallest absolute Gasteiger partial charge is 0.271 e. The summed E-state index contributed by atoms with van der Waals surface area (Å²) < 4.78 is 11.2. The van der Waals surface area contributed by atoms with E-state index in [-0.39, 0.29) is 11.7 Å². The van der Waals surface area contributed by atoms with Crippen LogP contribution in [-0.4, -0.2) is 23.3 Å². The summed E-state index contributed by atoms with van der Waals surface area (Å²) in [4.78, 5) is 12.3. The van der Waals surface area contributed by atoms with Crippen molar-refractivity contribution in [3.05, 3.63) is 89.5 Å². The van der Waals surface area contributed by atoms with E-state index in [1.165, 1.54) is 0 Å². The summed E-state index contributed by atoms with van der Waals surface area (Å²) in [5.74, 6) is 1.44. The van der Waals surface area contributed by atoms with Crippen LogP contribution in [-0.2, 0) is 6.61 Å². The molecule has 3 aromatic carbocycles. The van der Waals surface area contributed by atoms with Gasteiger partial charge >= 0.3 is 0 Å². The van der Waals surface area contributed by atoms with Crippen LogP contribution in [0.4, 0.5) is 0 Å². The summed E-state index contributed by atoms with van der Waals surface area (Å²) in [5.41, 5.74) is 5.46. The van der Waals surface area contributed by atoms with Crippen LogP contribution in [0, 0.1) is 0 Å². The van der Waals surface area contributed by atoms with Crippen molar-refractivity contribution in [3.8, 4) is 17.2 Å². The summed E-state index contributed by atoms with van der Waals surface area (Å²) in [7, 11) is 0. The molecule has 2 N–H and O–H groups in total. The Morgan fingerprint density at radius 2 is 1.43 bits per heavy atom. The fraction of sp³-hybridized carbons (Fsp3) is 0.167. The van der Waals surface area contributed by atoms with Crippen molar-refractivity contribution in [1.82, 2.24) is 5.43 Å². The van der Waals surface area contributed by atoms with Gasteiger partial charge in [0.25, 0.3) is 5.91 Å². The molecule has 0 aliphatic heterocycles. The number of carbonyl (C=O) groups is 1. The Balaban J connectivity index is 1.53. The van der Waals surface area contributed by atoms with Crippen molar-refractivity contribution in [3.63, 3.8) is 0 Å². The maximum Gasteiger partial charge on any atom is 0.271 e. The van der Waals surface area contributed by atoms with Crippen molar-refractivity contribution < 1.29 is 19.4 Å². The quantitative estimate of drug-likeness (QED) is 0.427. The van der Waals surface area contributed by atoms with Crippen molar-refractivity contribution in [2.24, 2.45) is 5.10 Å². The number of rotatable bonds is 8. The normalized spacial score (nSPS) is 11.1. The van der Waals surface area contributed by atoms with E-state index in [0.717, 1.165) is 22.6 Å². The zero-order valence-corrected chi connectivity index (χ0v) is 17.0. The van der Waals surface area contributed by atoms with Crippen molar-refractivity contribution in [2.45, 2.75) is 20.5 Å². The van der Waals surface area contributed by atoms with Crippen LogP contribution in [0.1, 0.15) is 35.3 Å². The van der Waals surface area contributed by atoms with Gasteiger partial charge in [0, 0.05) is 5.56 Å². The SMILES string of the molecule is CCOc1ccc(OCc2ccc(C(=O)N/N=C(\C)c3ccc(O)cc3)cc2)cc1. The van der Waals surface area contributed by atoms with Crippen LogP contribution in [0.2, 0.25) is 0 Å². The molecule has 0 atom stereocenters. The predicted molar refractivity (Wildman–Crippen MR) is 116 cm³/mol. The lowest BCUT2D eigenvalue weighted by Crippen LogP contribution is -2.19. The van der Waals surface area contributed by atoms with Gasteiger partial charge in [0.2, 0.25) is 0 Å². The molecule has 154 valence electrons. The molecule has 0 aliphatic carbocycles. The number of aromatic hydroxyl groups is 1. The fourth-order valence-corrected chi connectivity index (χ4v) is 2.68. The molecule has 0 spiro atoms. The lowest BCUT2D eigenvalue weighted by molar-refractivity contribution is 0.0954. The number of nitrogens with one attached hydrogen (secondary N) is 1. The zero-order valence-electron chi connectivity index (χ0n) is 17.0. The first-order chi connectivity index (χ1) is 14.5. The molecular weight excluding hydrogens is 380 g/mol. The number of hydrogen-bond donors (Lipinski definition) is 2. The van der Waals surface area contributed by atoms with Gasteiger partial charge in [-0.1, -0.05) is 12.1 Å². The zero-order chi connectivity index (χ0) is 21.3. The first-order valence-electron chi connectivity index (χ1n) is 9.64. The Hall–Kier alpha value is -3.80. The van der Waals surface area contributed by atoms with Gasteiger partial charge in [0.05, 0.1) is 12.3 Å². The Kier molecular flexibility index (Phi) is 7.05. The molecule has 0 radical (unpaired) electrons. The number of benzene rings is 3. The summed E-state index contributed by atoms with van der Waals surface area (Å²) >= 11 is 0. The summed E-state index contributed by atoms with van der Waals surface area (Å²) in [6, 6.07) is 21.2. The molecule has 0 fully saturated rings. The van der Waals surface area contributed by atoms with Gasteiger partial charge in [-0.3, -0.25) is 4.79 Å². The Bertz CT molecular complexity index is 995. The van der Waals surface area contributed by atoms with E-state index in [0.29, 0.717) is 24.5 Å². The first kappa shape index (κ1) is 20.9. The van der Waals surface area contributed by atoms with E-state index in [9.17, 15) is 9.90 Å². The molecule has 30 heavy (non-hydrogen) atoms. The second-order valence-corrected chi connectivity index (χ2v) is 6.58. The molecule has 0 aliphatic rings. The van der Waals surface area contributed by atoms with Gasteiger partial charge in [-0.25, -0.2) is 5.43 Å². The predicted octanol–water partition coefficient (Wildman–Crippen LogP) is 4.52. The van der Waals surface area contributed by atoms with Gasteiger partial charge < -0.3 is 14.6 Å². The van der Waals surface area contributed by atoms with Gasteiger partial charge in [0.15, 0.2) is 0 Å². The highest BCUT2D eigenvalue weighted by Crippen LogP contribution is 2.19. The monoisotopic (exact) mass is 404 g/mol. The summed E-state index contributed by atoms with van der Waals surface area (Å²) in [5, 5.41) is 13.5. The second kappa shape index (κ2) is 10.1. The minimum absolute atomic E-state index is 0.183. The van der Waals surface area contributed by atoms with E-state index < -0.39 is 0 Å². The van der Waals surface area contributed by atoms with Crippen LogP contribution in [0.15, 0.2) is 77.9 Å². The number of hydrogen-bond acceptors (Lipinski definition) is 5. The van der Waals surface area contributed by atoms with E-state index in [1.54, 1.807) is 43.3 Å². The summed E-state index contributed by atoms with van der Waals surface area (Å²) in [6.07, 6.45) is 0. The number of hydrazone groups is 1. The maximum atomic E-state index is 12.3. The van der Waals surface area contributed by atoms with Gasteiger partial charge in [-0.2, -0.15) is 5.10 Å². The number of amides is 1. The highest BCUT2D eigenvalue weighted by atomic mass is 16.5. The third-order valence-corrected chi connectivity index (χ3v) is 4.37. The van der Waals surface area contributed by atoms with Crippen LogP contribution < -0.4 is 14.9 Å². The average molecular weight is 404 g/mol. The molecule has 1 amide bonds. The largest absolute Gasteiger partial charge is 0.508 e. The lowest BCUT2D eigenvalue weighted by Gasteiger charge is -2.08. The topological polar surface area (TPSA) is 80.2 Å². The molecule has 0 saturated heterocycles. The van der Waals surface area contributed by atoms with Crippen LogP contribution in [0.3, 0.4) is 0 Å². The highest BCUT2D eigenvalue weighted by molar-refractivity contribution is 6.00. The lowest BCUT2D eigenvalue weighted by atomic mass is 10.1. The molecule has 6 heteroatoms. The molecule has 0 heterocycles. The highest BCUT2D eigenvalue weighted by Gasteiger charge is 2.06. The second-order valence-electron chi connectivity index (χ2n) is 6.58. The standard InChI is InChI=1S/C24H24N2O4/c1-3-29-22-12-14-23(15-13-22)30-16-18-4-6-20(7-5-18)24(28)26-25-17(2)19-8-10-21(27)11-9-19/h4-15,27H,3,16H2,1-2H3,(H,26,28)/b25-17+. The first-order valence-corrected chi connectivity index (χ1v) is 9.64. The molecular formula is C24H24N2O4. The van der Waals surface area contributed by atoms with E-state index in [4.69, 9.17) is 9.47 Å². The van der Waals surface area contributed by atoms with E-state index in [2.05, 4.69) is 10.5 Å². The van der Waals surface area contributed by atoms with Crippen LogP contribution >= 0.6 is 0 Å². The molecule has 0 aromatic heterocycles. The summed E-state index contributed by atoms with van der Waals surface area (Å²) in [6.45, 7) is 4.75. The Morgan fingerprint density at radius 3 is 2.03 bits per heavy atom. The molecule has 3 rings (SSSR count). The maximum absolute atomic E-state index is 12.3. The number of phenols is 1. The number of carbonyl (C=O) groups excluding carboxylic acids is 1. The van der Waals surface area contributed by atoms with Gasteiger partial charge in [0.1, 0.15) is 23.9 Å².